The second-order valence-electron chi connectivity index (χ2n) is 5.90. The van der Waals surface area contributed by atoms with Gasteiger partial charge in [-0.3, -0.25) is 9.79 Å². The third kappa shape index (κ3) is 3.60. The van der Waals surface area contributed by atoms with Crippen LogP contribution in [0.1, 0.15) is 18.9 Å². The van der Waals surface area contributed by atoms with Crippen LogP contribution in [-0.2, 0) is 21.5 Å². The summed E-state index contributed by atoms with van der Waals surface area (Å²) >= 11 is 0. The number of carbonyl (C=O) groups excluding carboxylic acids is 1. The van der Waals surface area contributed by atoms with Gasteiger partial charge in [-0.25, -0.2) is 13.4 Å². The van der Waals surface area contributed by atoms with Gasteiger partial charge in [-0.05, 0) is 31.0 Å². The lowest BCUT2D eigenvalue weighted by molar-refractivity contribution is -0.117. The van der Waals surface area contributed by atoms with E-state index in [9.17, 15) is 22.7 Å². The summed E-state index contributed by atoms with van der Waals surface area (Å²) in [6.07, 6.45) is 0.923. The molecule has 1 fully saturated rings. The molecule has 0 radical (unpaired) electrons. The Morgan fingerprint density at radius 1 is 1.48 bits per heavy atom. The van der Waals surface area contributed by atoms with Crippen LogP contribution in [0.3, 0.4) is 0 Å². The van der Waals surface area contributed by atoms with Gasteiger partial charge in [-0.15, -0.1) is 0 Å². The molecule has 11 heteroatoms. The monoisotopic (exact) mass is 371 g/mol. The van der Waals surface area contributed by atoms with Gasteiger partial charge in [-0.1, -0.05) is 0 Å². The Labute approximate surface area is 144 Å². The van der Waals surface area contributed by atoms with Crippen molar-refractivity contribution in [1.29, 1.82) is 0 Å². The number of phenolic OH excluding ortho intramolecular Hbond substituents is 1. The molecule has 1 aromatic carbocycles. The molecule has 136 valence electrons. The molecule has 3 rings (SSSR count). The van der Waals surface area contributed by atoms with Gasteiger partial charge in [0.15, 0.2) is 11.8 Å². The highest BCUT2D eigenvalue weighted by Gasteiger charge is 2.37. The van der Waals surface area contributed by atoms with Crippen molar-refractivity contribution in [2.24, 2.45) is 4.99 Å². The molecule has 1 amide bonds. The maximum absolute atomic E-state index is 14.4. The molecular formula is C14H18FN5O4S. The number of anilines is 1. The number of benzene rings is 1. The molecule has 0 bridgehead atoms. The highest BCUT2D eigenvalue weighted by molar-refractivity contribution is 7.92. The lowest BCUT2D eigenvalue weighted by Gasteiger charge is -2.22. The molecule has 1 unspecified atom stereocenters. The number of halogens is 1. The predicted octanol–water partition coefficient (Wildman–Crippen LogP) is -0.460. The molecule has 25 heavy (non-hydrogen) atoms. The van der Waals surface area contributed by atoms with E-state index < -0.39 is 39.9 Å². The fourth-order valence-corrected chi connectivity index (χ4v) is 3.82. The number of amides is 1. The first kappa shape index (κ1) is 17.3. The van der Waals surface area contributed by atoms with Gasteiger partial charge in [0.1, 0.15) is 18.0 Å². The molecule has 0 saturated carbocycles. The fraction of sp³-hybridized carbons (Fsp3) is 0.429. The molecule has 1 saturated heterocycles. The van der Waals surface area contributed by atoms with Gasteiger partial charge in [0.2, 0.25) is 0 Å². The van der Waals surface area contributed by atoms with Crippen LogP contribution in [0.2, 0.25) is 0 Å². The number of carbonyl (C=O) groups is 1. The Morgan fingerprint density at radius 2 is 2.24 bits per heavy atom. The number of rotatable bonds is 3. The minimum absolute atomic E-state index is 0.188. The summed E-state index contributed by atoms with van der Waals surface area (Å²) in [7, 11) is -4.19. The summed E-state index contributed by atoms with van der Waals surface area (Å²) in [5.74, 6) is -1.72. The fourth-order valence-electron chi connectivity index (χ4n) is 2.65. The lowest BCUT2D eigenvalue weighted by atomic mass is 10.1. The van der Waals surface area contributed by atoms with Gasteiger partial charge in [0, 0.05) is 19.1 Å². The Bertz CT molecular complexity index is 819. The number of guanidine groups is 1. The number of aliphatic imine (C=N–C) groups is 1. The van der Waals surface area contributed by atoms with Gasteiger partial charge in [0.05, 0.1) is 0 Å². The molecular weight excluding hydrogens is 353 g/mol. The molecule has 2 heterocycles. The maximum atomic E-state index is 14.4. The zero-order valence-electron chi connectivity index (χ0n) is 13.4. The second kappa shape index (κ2) is 6.39. The lowest BCUT2D eigenvalue weighted by Crippen LogP contribution is -2.45. The Balaban J connectivity index is 1.79. The zero-order chi connectivity index (χ0) is 18.2. The second-order valence-corrected chi connectivity index (χ2v) is 7.50. The van der Waals surface area contributed by atoms with E-state index in [1.807, 2.05) is 6.92 Å². The molecule has 0 aliphatic carbocycles. The number of aromatic hydroxyl groups is 1. The number of hydrogen-bond acceptors (Lipinski definition) is 7. The SMILES string of the molecule is CC1CCN=C(NCc2cc(O)c(N3CC(=O)NS3(=O)=O)c(F)c2)N1. The number of nitrogens with zero attached hydrogens (tertiary/aromatic N) is 2. The smallest absolute Gasteiger partial charge is 0.326 e. The molecule has 1 aromatic rings. The summed E-state index contributed by atoms with van der Waals surface area (Å²) in [6, 6.07) is 2.63. The first-order valence-corrected chi connectivity index (χ1v) is 9.10. The first-order valence-electron chi connectivity index (χ1n) is 7.66. The summed E-state index contributed by atoms with van der Waals surface area (Å²) in [5.41, 5.74) is -0.152. The van der Waals surface area contributed by atoms with Crippen molar-refractivity contribution in [3.63, 3.8) is 0 Å². The zero-order valence-corrected chi connectivity index (χ0v) is 14.2. The van der Waals surface area contributed by atoms with Gasteiger partial charge >= 0.3 is 10.2 Å². The average molecular weight is 371 g/mol. The van der Waals surface area contributed by atoms with Gasteiger partial charge < -0.3 is 15.7 Å². The highest BCUT2D eigenvalue weighted by atomic mass is 32.2. The Kier molecular flexibility index (Phi) is 4.41. The quantitative estimate of drug-likeness (QED) is 0.570. The topological polar surface area (TPSA) is 123 Å². The van der Waals surface area contributed by atoms with E-state index in [1.165, 1.54) is 6.07 Å². The van der Waals surface area contributed by atoms with Crippen molar-refractivity contribution in [2.45, 2.75) is 25.9 Å². The molecule has 2 aliphatic heterocycles. The average Bonchev–Trinajstić information content (AvgIpc) is 2.77. The van der Waals surface area contributed by atoms with Crippen molar-refractivity contribution >= 4 is 27.8 Å². The Morgan fingerprint density at radius 3 is 2.84 bits per heavy atom. The van der Waals surface area contributed by atoms with E-state index in [4.69, 9.17) is 0 Å². The van der Waals surface area contributed by atoms with Gasteiger partial charge in [-0.2, -0.15) is 8.42 Å². The Hall–Kier alpha value is -2.56. The minimum atomic E-state index is -4.19. The van der Waals surface area contributed by atoms with Crippen LogP contribution in [0.25, 0.3) is 0 Å². The highest BCUT2D eigenvalue weighted by Crippen LogP contribution is 2.34. The molecule has 4 N–H and O–H groups in total. The first-order chi connectivity index (χ1) is 11.8. The van der Waals surface area contributed by atoms with Crippen molar-refractivity contribution in [3.05, 3.63) is 23.5 Å². The minimum Gasteiger partial charge on any atom is -0.506 e. The van der Waals surface area contributed by atoms with Crippen LogP contribution in [0.5, 0.6) is 5.75 Å². The predicted molar refractivity (Wildman–Crippen MR) is 88.8 cm³/mol. The van der Waals surface area contributed by atoms with E-state index >= 15 is 0 Å². The summed E-state index contributed by atoms with van der Waals surface area (Å²) in [5, 5.41) is 16.2. The van der Waals surface area contributed by atoms with Crippen LogP contribution in [-0.4, -0.2) is 44.5 Å². The standard InChI is InChI=1S/C14H18FN5O4S/c1-8-2-3-16-14(18-8)17-6-9-4-10(15)13(11(21)5-9)20-7-12(22)19-25(20,23)24/h4-5,8,21H,2-3,6-7H2,1H3,(H,19,22)(H2,16,17,18). The molecule has 0 spiro atoms. The van der Waals surface area contributed by atoms with E-state index in [1.54, 1.807) is 4.72 Å². The number of nitrogens with one attached hydrogen (secondary N) is 3. The largest absolute Gasteiger partial charge is 0.506 e. The number of phenols is 1. The van der Waals surface area contributed by atoms with Crippen molar-refractivity contribution in [2.75, 3.05) is 17.4 Å². The van der Waals surface area contributed by atoms with E-state index in [0.717, 1.165) is 12.5 Å². The third-order valence-corrected chi connectivity index (χ3v) is 5.23. The summed E-state index contributed by atoms with van der Waals surface area (Å²) in [4.78, 5) is 15.5. The van der Waals surface area contributed by atoms with Crippen molar-refractivity contribution in [1.82, 2.24) is 15.4 Å². The van der Waals surface area contributed by atoms with Crippen LogP contribution in [0.15, 0.2) is 17.1 Å². The third-order valence-electron chi connectivity index (χ3n) is 3.85. The van der Waals surface area contributed by atoms with E-state index in [0.29, 0.717) is 22.4 Å². The molecule has 1 atom stereocenters. The molecule has 2 aliphatic rings. The van der Waals surface area contributed by atoms with Gasteiger partial charge in [0.25, 0.3) is 5.91 Å². The number of hydrogen-bond donors (Lipinski definition) is 4. The van der Waals surface area contributed by atoms with Crippen molar-refractivity contribution < 1.29 is 22.7 Å². The van der Waals surface area contributed by atoms with Crippen LogP contribution >= 0.6 is 0 Å². The van der Waals surface area contributed by atoms with E-state index in [2.05, 4.69) is 15.6 Å². The van der Waals surface area contributed by atoms with Crippen LogP contribution in [0.4, 0.5) is 10.1 Å². The van der Waals surface area contributed by atoms with Crippen LogP contribution in [0, 0.1) is 5.82 Å². The van der Waals surface area contributed by atoms with Crippen molar-refractivity contribution in [3.8, 4) is 5.75 Å². The molecule has 9 nitrogen and oxygen atoms in total. The summed E-state index contributed by atoms with van der Waals surface area (Å²) in [6.45, 7) is 2.31. The van der Waals surface area contributed by atoms with E-state index in [-0.39, 0.29) is 12.6 Å². The maximum Gasteiger partial charge on any atom is 0.326 e. The van der Waals surface area contributed by atoms with Crippen LogP contribution < -0.4 is 19.7 Å². The molecule has 0 aromatic heterocycles. The summed E-state index contributed by atoms with van der Waals surface area (Å²) < 4.78 is 40.2. The normalized spacial score (nSPS) is 22.2.